The third-order valence-electron chi connectivity index (χ3n) is 4.74. The molecule has 106 valence electrons. The van der Waals surface area contributed by atoms with Gasteiger partial charge in [0, 0.05) is 12.6 Å². The van der Waals surface area contributed by atoms with E-state index in [4.69, 9.17) is 4.74 Å². The molecule has 2 aliphatic rings. The lowest BCUT2D eigenvalue weighted by atomic mass is 9.76. The van der Waals surface area contributed by atoms with E-state index in [1.807, 2.05) is 0 Å². The van der Waals surface area contributed by atoms with Gasteiger partial charge in [0.2, 0.25) is 0 Å². The summed E-state index contributed by atoms with van der Waals surface area (Å²) in [6, 6.07) is 0.630. The molecule has 1 aliphatic heterocycles. The summed E-state index contributed by atoms with van der Waals surface area (Å²) in [6.07, 6.45) is 11.7. The maximum absolute atomic E-state index is 5.76. The van der Waals surface area contributed by atoms with Crippen LogP contribution in [0.1, 0.15) is 65.2 Å². The SMILES string of the molecule is CC(C)NCC1CCCCC1CCC1CCCO1. The molecule has 0 amide bonds. The molecule has 1 aliphatic carbocycles. The molecule has 2 nitrogen and oxygen atoms in total. The molecule has 18 heavy (non-hydrogen) atoms. The highest BCUT2D eigenvalue weighted by atomic mass is 16.5. The quantitative estimate of drug-likeness (QED) is 0.778. The number of hydrogen-bond acceptors (Lipinski definition) is 2. The van der Waals surface area contributed by atoms with E-state index >= 15 is 0 Å². The highest BCUT2D eigenvalue weighted by Gasteiger charge is 2.26. The molecule has 0 aromatic rings. The van der Waals surface area contributed by atoms with Crippen molar-refractivity contribution in [3.05, 3.63) is 0 Å². The zero-order valence-corrected chi connectivity index (χ0v) is 12.3. The van der Waals surface area contributed by atoms with Crippen molar-refractivity contribution in [1.29, 1.82) is 0 Å². The van der Waals surface area contributed by atoms with Crippen LogP contribution in [0.3, 0.4) is 0 Å². The lowest BCUT2D eigenvalue weighted by Crippen LogP contribution is -2.34. The minimum atomic E-state index is 0.589. The van der Waals surface area contributed by atoms with Crippen LogP contribution in [-0.4, -0.2) is 25.3 Å². The van der Waals surface area contributed by atoms with Crippen molar-refractivity contribution in [3.63, 3.8) is 0 Å². The first-order chi connectivity index (χ1) is 8.75. The molecule has 1 saturated heterocycles. The fourth-order valence-electron chi connectivity index (χ4n) is 3.59. The Labute approximate surface area is 113 Å². The maximum Gasteiger partial charge on any atom is 0.0576 e. The molecule has 0 bridgehead atoms. The summed E-state index contributed by atoms with van der Waals surface area (Å²) < 4.78 is 5.76. The van der Waals surface area contributed by atoms with Gasteiger partial charge in [-0.25, -0.2) is 0 Å². The van der Waals surface area contributed by atoms with E-state index in [2.05, 4.69) is 19.2 Å². The van der Waals surface area contributed by atoms with Gasteiger partial charge in [0.25, 0.3) is 0 Å². The van der Waals surface area contributed by atoms with Crippen LogP contribution >= 0.6 is 0 Å². The second-order valence-electron chi connectivity index (χ2n) is 6.58. The summed E-state index contributed by atoms with van der Waals surface area (Å²) >= 11 is 0. The number of hydrogen-bond donors (Lipinski definition) is 1. The smallest absolute Gasteiger partial charge is 0.0576 e. The minimum absolute atomic E-state index is 0.589. The lowest BCUT2D eigenvalue weighted by Gasteiger charge is -2.33. The molecule has 0 aromatic heterocycles. The van der Waals surface area contributed by atoms with Crippen molar-refractivity contribution < 1.29 is 4.74 Å². The van der Waals surface area contributed by atoms with Crippen molar-refractivity contribution in [2.45, 2.75) is 77.4 Å². The van der Waals surface area contributed by atoms with E-state index in [1.165, 1.54) is 57.9 Å². The van der Waals surface area contributed by atoms with Gasteiger partial charge < -0.3 is 10.1 Å². The van der Waals surface area contributed by atoms with Gasteiger partial charge in [-0.3, -0.25) is 0 Å². The average Bonchev–Trinajstić information content (AvgIpc) is 2.88. The summed E-state index contributed by atoms with van der Waals surface area (Å²) in [4.78, 5) is 0. The largest absolute Gasteiger partial charge is 0.378 e. The van der Waals surface area contributed by atoms with Crippen molar-refractivity contribution in [2.24, 2.45) is 11.8 Å². The zero-order valence-electron chi connectivity index (χ0n) is 12.3. The summed E-state index contributed by atoms with van der Waals surface area (Å²) in [6.45, 7) is 6.75. The van der Waals surface area contributed by atoms with Crippen LogP contribution in [0.15, 0.2) is 0 Å². The van der Waals surface area contributed by atoms with Gasteiger partial charge in [-0.05, 0) is 50.5 Å². The highest BCUT2D eigenvalue weighted by Crippen LogP contribution is 2.34. The molecular formula is C16H31NO. The van der Waals surface area contributed by atoms with E-state index < -0.39 is 0 Å². The first-order valence-corrected chi connectivity index (χ1v) is 8.10. The summed E-state index contributed by atoms with van der Waals surface area (Å²) in [7, 11) is 0. The van der Waals surface area contributed by atoms with Crippen LogP contribution in [0.2, 0.25) is 0 Å². The standard InChI is InChI=1S/C16H31NO/c1-13(2)17-12-15-7-4-3-6-14(15)9-10-16-8-5-11-18-16/h13-17H,3-12H2,1-2H3. The molecule has 0 radical (unpaired) electrons. The van der Waals surface area contributed by atoms with Gasteiger partial charge in [-0.1, -0.05) is 33.1 Å². The van der Waals surface area contributed by atoms with Crippen LogP contribution < -0.4 is 5.32 Å². The molecule has 3 atom stereocenters. The van der Waals surface area contributed by atoms with E-state index in [0.717, 1.165) is 18.4 Å². The van der Waals surface area contributed by atoms with Crippen LogP contribution in [-0.2, 0) is 4.74 Å². The molecule has 1 N–H and O–H groups in total. The van der Waals surface area contributed by atoms with Crippen molar-refractivity contribution in [1.82, 2.24) is 5.32 Å². The van der Waals surface area contributed by atoms with Crippen LogP contribution in [0, 0.1) is 11.8 Å². The van der Waals surface area contributed by atoms with Gasteiger partial charge >= 0.3 is 0 Å². The predicted octanol–water partition coefficient (Wildman–Crippen LogP) is 3.75. The van der Waals surface area contributed by atoms with Gasteiger partial charge in [0.15, 0.2) is 0 Å². The summed E-state index contributed by atoms with van der Waals surface area (Å²) in [5.41, 5.74) is 0. The predicted molar refractivity (Wildman–Crippen MR) is 76.8 cm³/mol. The lowest BCUT2D eigenvalue weighted by molar-refractivity contribution is 0.0896. The molecule has 1 saturated carbocycles. The van der Waals surface area contributed by atoms with Crippen molar-refractivity contribution in [2.75, 3.05) is 13.2 Å². The molecule has 2 heteroatoms. The number of ether oxygens (including phenoxy) is 1. The van der Waals surface area contributed by atoms with Crippen LogP contribution in [0.5, 0.6) is 0 Å². The molecule has 3 unspecified atom stereocenters. The Morgan fingerprint density at radius 3 is 2.44 bits per heavy atom. The summed E-state index contributed by atoms with van der Waals surface area (Å²) in [5, 5.41) is 3.64. The molecule has 0 aromatic carbocycles. The first kappa shape index (κ1) is 14.3. The Morgan fingerprint density at radius 1 is 1.00 bits per heavy atom. The summed E-state index contributed by atoms with van der Waals surface area (Å²) in [5.74, 6) is 1.87. The van der Waals surface area contributed by atoms with Crippen molar-refractivity contribution in [3.8, 4) is 0 Å². The van der Waals surface area contributed by atoms with Gasteiger partial charge in [0.1, 0.15) is 0 Å². The first-order valence-electron chi connectivity index (χ1n) is 8.10. The Hall–Kier alpha value is -0.0800. The minimum Gasteiger partial charge on any atom is -0.378 e. The molecule has 2 fully saturated rings. The molecule has 2 rings (SSSR count). The fraction of sp³-hybridized carbons (Fsp3) is 1.00. The Morgan fingerprint density at radius 2 is 1.78 bits per heavy atom. The second kappa shape index (κ2) is 7.49. The molecular weight excluding hydrogens is 222 g/mol. The van der Waals surface area contributed by atoms with E-state index in [0.29, 0.717) is 12.1 Å². The maximum atomic E-state index is 5.76. The fourth-order valence-corrected chi connectivity index (χ4v) is 3.59. The molecule has 0 spiro atoms. The van der Waals surface area contributed by atoms with Gasteiger partial charge in [-0.2, -0.15) is 0 Å². The third kappa shape index (κ3) is 4.55. The monoisotopic (exact) mass is 253 g/mol. The Kier molecular flexibility index (Phi) is 5.97. The van der Waals surface area contributed by atoms with Crippen LogP contribution in [0.25, 0.3) is 0 Å². The van der Waals surface area contributed by atoms with E-state index in [1.54, 1.807) is 0 Å². The van der Waals surface area contributed by atoms with Crippen LogP contribution in [0.4, 0.5) is 0 Å². The van der Waals surface area contributed by atoms with Gasteiger partial charge in [0.05, 0.1) is 6.10 Å². The molecule has 1 heterocycles. The third-order valence-corrected chi connectivity index (χ3v) is 4.74. The number of nitrogens with one attached hydrogen (secondary N) is 1. The highest BCUT2D eigenvalue weighted by molar-refractivity contribution is 4.79. The van der Waals surface area contributed by atoms with E-state index in [-0.39, 0.29) is 0 Å². The Balaban J connectivity index is 1.72. The topological polar surface area (TPSA) is 21.3 Å². The van der Waals surface area contributed by atoms with Gasteiger partial charge in [-0.15, -0.1) is 0 Å². The number of rotatable bonds is 6. The zero-order chi connectivity index (χ0) is 12.8. The second-order valence-corrected chi connectivity index (χ2v) is 6.58. The average molecular weight is 253 g/mol. The van der Waals surface area contributed by atoms with E-state index in [9.17, 15) is 0 Å². The normalized spacial score (nSPS) is 33.2. The Bertz CT molecular complexity index is 223. The van der Waals surface area contributed by atoms with Crippen molar-refractivity contribution >= 4 is 0 Å².